The predicted molar refractivity (Wildman–Crippen MR) is 93.6 cm³/mol. The molecule has 1 atom stereocenters. The molecule has 0 aromatic heterocycles. The molecule has 1 aromatic carbocycles. The second-order valence-corrected chi connectivity index (χ2v) is 7.11. The number of thiocarbonyl (C=S) groups is 1. The first kappa shape index (κ1) is 16.9. The first-order valence-electron chi connectivity index (χ1n) is 7.30. The zero-order valence-corrected chi connectivity index (χ0v) is 14.1. The third-order valence-electron chi connectivity index (χ3n) is 3.78. The molecule has 2 aliphatic rings. The van der Waals surface area contributed by atoms with Crippen LogP contribution in [0.1, 0.15) is 18.4 Å². The van der Waals surface area contributed by atoms with Crippen LogP contribution in [-0.2, 0) is 9.53 Å². The highest BCUT2D eigenvalue weighted by Gasteiger charge is 2.34. The van der Waals surface area contributed by atoms with Gasteiger partial charge in [-0.2, -0.15) is 0 Å². The van der Waals surface area contributed by atoms with Crippen molar-refractivity contribution in [2.24, 2.45) is 0 Å². The molecule has 0 spiro atoms. The summed E-state index contributed by atoms with van der Waals surface area (Å²) < 4.78 is 5.99. The fourth-order valence-electron chi connectivity index (χ4n) is 2.58. The van der Waals surface area contributed by atoms with Crippen molar-refractivity contribution in [1.82, 2.24) is 4.90 Å². The molecule has 0 aliphatic carbocycles. The highest BCUT2D eigenvalue weighted by atomic mass is 32.2. The van der Waals surface area contributed by atoms with Gasteiger partial charge in [-0.15, -0.1) is 0 Å². The number of hydrogen-bond acceptors (Lipinski definition) is 7. The van der Waals surface area contributed by atoms with E-state index in [-0.39, 0.29) is 12.0 Å². The molecule has 2 heterocycles. The van der Waals surface area contributed by atoms with Gasteiger partial charge in [-0.05, 0) is 30.5 Å². The van der Waals surface area contributed by atoms with Crippen LogP contribution in [0.3, 0.4) is 0 Å². The van der Waals surface area contributed by atoms with Crippen LogP contribution in [0.5, 0.6) is 5.75 Å². The van der Waals surface area contributed by atoms with E-state index in [1.54, 1.807) is 6.08 Å². The second-order valence-electron chi connectivity index (χ2n) is 5.43. The molecule has 0 saturated carbocycles. The van der Waals surface area contributed by atoms with Gasteiger partial charge in [-0.1, -0.05) is 30.0 Å². The number of hydrogen-bond donors (Lipinski definition) is 1. The van der Waals surface area contributed by atoms with E-state index in [1.165, 1.54) is 23.1 Å². The molecule has 24 heavy (non-hydrogen) atoms. The minimum atomic E-state index is -0.671. The zero-order valence-electron chi connectivity index (χ0n) is 12.5. The number of amides is 1. The molecule has 2 saturated heterocycles. The Morgan fingerprint density at radius 2 is 2.33 bits per heavy atom. The SMILES string of the molecule is O=C1/C(=C/c2ccc(O)c([N+](=O)[O-])c2)SC(=S)N1C[C@@H]1CCCO1. The Morgan fingerprint density at radius 3 is 3.00 bits per heavy atom. The maximum absolute atomic E-state index is 12.5. The summed E-state index contributed by atoms with van der Waals surface area (Å²) in [6, 6.07) is 3.97. The maximum atomic E-state index is 12.5. The van der Waals surface area contributed by atoms with Crippen molar-refractivity contribution >= 4 is 46.0 Å². The minimum Gasteiger partial charge on any atom is -0.502 e. The quantitative estimate of drug-likeness (QED) is 0.379. The second kappa shape index (κ2) is 6.88. The Morgan fingerprint density at radius 1 is 1.54 bits per heavy atom. The molecular weight excluding hydrogens is 352 g/mol. The Bertz CT molecular complexity index is 743. The van der Waals surface area contributed by atoms with E-state index in [2.05, 4.69) is 0 Å². The third kappa shape index (κ3) is 3.42. The molecule has 2 aliphatic heterocycles. The van der Waals surface area contributed by atoms with Gasteiger partial charge in [0.25, 0.3) is 5.91 Å². The number of phenolic OH excluding ortho intramolecular Hbond substituents is 1. The molecule has 0 bridgehead atoms. The summed E-state index contributed by atoms with van der Waals surface area (Å²) in [7, 11) is 0. The lowest BCUT2D eigenvalue weighted by Crippen LogP contribution is -2.35. The highest BCUT2D eigenvalue weighted by Crippen LogP contribution is 2.35. The Hall–Kier alpha value is -1.97. The lowest BCUT2D eigenvalue weighted by atomic mass is 10.1. The summed E-state index contributed by atoms with van der Waals surface area (Å²) in [4.78, 5) is 24.6. The number of ether oxygens (including phenoxy) is 1. The fourth-order valence-corrected chi connectivity index (χ4v) is 3.85. The van der Waals surface area contributed by atoms with Crippen LogP contribution in [0.2, 0.25) is 0 Å². The molecule has 1 N–H and O–H groups in total. The number of nitro benzene ring substituents is 1. The van der Waals surface area contributed by atoms with Gasteiger partial charge in [0.2, 0.25) is 0 Å². The van der Waals surface area contributed by atoms with Crippen molar-refractivity contribution in [2.45, 2.75) is 18.9 Å². The average Bonchev–Trinajstić information content (AvgIpc) is 3.13. The first-order chi connectivity index (χ1) is 11.5. The smallest absolute Gasteiger partial charge is 0.311 e. The van der Waals surface area contributed by atoms with E-state index in [0.29, 0.717) is 27.9 Å². The van der Waals surface area contributed by atoms with E-state index < -0.39 is 16.4 Å². The molecule has 1 aromatic rings. The van der Waals surface area contributed by atoms with Crippen LogP contribution in [0, 0.1) is 10.1 Å². The molecule has 0 radical (unpaired) electrons. The fraction of sp³-hybridized carbons (Fsp3) is 0.333. The van der Waals surface area contributed by atoms with Gasteiger partial charge in [-0.25, -0.2) is 0 Å². The van der Waals surface area contributed by atoms with E-state index in [0.717, 1.165) is 24.6 Å². The van der Waals surface area contributed by atoms with Crippen LogP contribution < -0.4 is 0 Å². The van der Waals surface area contributed by atoms with Gasteiger partial charge in [-0.3, -0.25) is 19.8 Å². The van der Waals surface area contributed by atoms with Crippen molar-refractivity contribution in [1.29, 1.82) is 0 Å². The summed E-state index contributed by atoms with van der Waals surface area (Å²) in [6.07, 6.45) is 3.43. The number of nitrogens with zero attached hydrogens (tertiary/aromatic N) is 2. The Labute approximate surface area is 147 Å². The number of aromatic hydroxyl groups is 1. The molecule has 1 amide bonds. The van der Waals surface area contributed by atoms with Gasteiger partial charge in [0.1, 0.15) is 4.32 Å². The van der Waals surface area contributed by atoms with Gasteiger partial charge >= 0.3 is 5.69 Å². The number of thioether (sulfide) groups is 1. The molecule has 3 rings (SSSR count). The average molecular weight is 366 g/mol. The van der Waals surface area contributed by atoms with Crippen molar-refractivity contribution in [3.63, 3.8) is 0 Å². The van der Waals surface area contributed by atoms with Crippen LogP contribution in [-0.4, -0.2) is 44.4 Å². The zero-order chi connectivity index (χ0) is 17.3. The number of phenols is 1. The molecular formula is C15H14N2O5S2. The first-order valence-corrected chi connectivity index (χ1v) is 8.52. The normalized spacial score (nSPS) is 22.6. The maximum Gasteiger partial charge on any atom is 0.311 e. The van der Waals surface area contributed by atoms with Crippen LogP contribution >= 0.6 is 24.0 Å². The topological polar surface area (TPSA) is 92.9 Å². The number of carbonyl (C=O) groups excluding carboxylic acids is 1. The molecule has 126 valence electrons. The number of benzene rings is 1. The number of carbonyl (C=O) groups is 1. The van der Waals surface area contributed by atoms with Gasteiger partial charge < -0.3 is 9.84 Å². The van der Waals surface area contributed by atoms with E-state index >= 15 is 0 Å². The monoisotopic (exact) mass is 366 g/mol. The summed E-state index contributed by atoms with van der Waals surface area (Å²) in [5, 5.41) is 20.4. The number of nitro groups is 1. The van der Waals surface area contributed by atoms with Gasteiger partial charge in [0.15, 0.2) is 5.75 Å². The van der Waals surface area contributed by atoms with E-state index in [9.17, 15) is 20.0 Å². The third-order valence-corrected chi connectivity index (χ3v) is 5.16. The lowest BCUT2D eigenvalue weighted by molar-refractivity contribution is -0.385. The Balaban J connectivity index is 1.81. The van der Waals surface area contributed by atoms with Crippen molar-refractivity contribution in [3.05, 3.63) is 38.8 Å². The lowest BCUT2D eigenvalue weighted by Gasteiger charge is -2.18. The summed E-state index contributed by atoms with van der Waals surface area (Å²) in [5.41, 5.74) is 0.0516. The summed E-state index contributed by atoms with van der Waals surface area (Å²) in [6.45, 7) is 1.13. The standard InChI is InChI=1S/C15H14N2O5S2/c18-12-4-3-9(6-11(12)17(20)21)7-13-14(19)16(15(23)24-13)8-10-2-1-5-22-10/h3-4,6-7,10,18H,1-2,5,8H2/b13-7-/t10-/m0/s1. The van der Waals surface area contributed by atoms with Gasteiger partial charge in [0, 0.05) is 12.7 Å². The van der Waals surface area contributed by atoms with Gasteiger partial charge in [0.05, 0.1) is 22.5 Å². The van der Waals surface area contributed by atoms with Crippen LogP contribution in [0.4, 0.5) is 5.69 Å². The van der Waals surface area contributed by atoms with Crippen molar-refractivity contribution in [2.75, 3.05) is 13.2 Å². The molecule has 2 fully saturated rings. The predicted octanol–water partition coefficient (Wildman–Crippen LogP) is 2.68. The van der Waals surface area contributed by atoms with E-state index in [4.69, 9.17) is 17.0 Å². The van der Waals surface area contributed by atoms with Crippen LogP contribution in [0.15, 0.2) is 23.1 Å². The number of rotatable bonds is 4. The summed E-state index contributed by atoms with van der Waals surface area (Å²) >= 11 is 6.42. The van der Waals surface area contributed by atoms with Crippen molar-refractivity contribution < 1.29 is 19.6 Å². The largest absolute Gasteiger partial charge is 0.502 e. The summed E-state index contributed by atoms with van der Waals surface area (Å²) in [5.74, 6) is -0.640. The molecule has 0 unspecified atom stereocenters. The van der Waals surface area contributed by atoms with Crippen LogP contribution in [0.25, 0.3) is 6.08 Å². The van der Waals surface area contributed by atoms with E-state index in [1.807, 2.05) is 0 Å². The highest BCUT2D eigenvalue weighted by molar-refractivity contribution is 8.26. The van der Waals surface area contributed by atoms with Crippen molar-refractivity contribution in [3.8, 4) is 5.75 Å². The molecule has 9 heteroatoms. The molecule has 7 nitrogen and oxygen atoms in total. The Kier molecular flexibility index (Phi) is 4.83. The minimum absolute atomic E-state index is 0.00149.